The maximum atomic E-state index is 12.4. The van der Waals surface area contributed by atoms with E-state index in [0.717, 1.165) is 5.56 Å². The average Bonchev–Trinajstić information content (AvgIpc) is 3.09. The summed E-state index contributed by atoms with van der Waals surface area (Å²) in [6, 6.07) is 9.70. The van der Waals surface area contributed by atoms with Gasteiger partial charge in [-0.15, -0.1) is 11.3 Å². The second kappa shape index (κ2) is 9.67. The number of rotatable bonds is 9. The van der Waals surface area contributed by atoms with Gasteiger partial charge in [-0.1, -0.05) is 30.3 Å². The Morgan fingerprint density at radius 2 is 1.92 bits per heavy atom. The summed E-state index contributed by atoms with van der Waals surface area (Å²) in [5.74, 6) is -1.46. The number of carbonyl (C=O) groups excluding carboxylic acids is 2. The average molecular weight is 375 g/mol. The number of hydrogen-bond acceptors (Lipinski definition) is 5. The van der Waals surface area contributed by atoms with E-state index in [1.165, 1.54) is 16.2 Å². The summed E-state index contributed by atoms with van der Waals surface area (Å²) >= 11 is 1.17. The molecule has 2 aromatic rings. The van der Waals surface area contributed by atoms with Gasteiger partial charge in [-0.05, 0) is 18.9 Å². The third kappa shape index (κ3) is 5.96. The number of hydrogen-bond donors (Lipinski definition) is 2. The highest BCUT2D eigenvalue weighted by molar-refractivity contribution is 7.14. The number of thiazole rings is 1. The van der Waals surface area contributed by atoms with Crippen molar-refractivity contribution in [2.45, 2.75) is 26.2 Å². The number of aromatic nitrogens is 1. The van der Waals surface area contributed by atoms with Crippen LogP contribution in [0.15, 0.2) is 35.7 Å². The number of anilines is 1. The number of nitrogens with zero attached hydrogens (tertiary/aromatic N) is 2. The van der Waals surface area contributed by atoms with Gasteiger partial charge in [0.25, 0.3) is 5.91 Å². The second-order valence-corrected chi connectivity index (χ2v) is 6.46. The van der Waals surface area contributed by atoms with Gasteiger partial charge in [-0.2, -0.15) is 0 Å². The molecule has 0 bridgehead atoms. The Hall–Kier alpha value is -2.74. The molecule has 0 spiro atoms. The zero-order valence-corrected chi connectivity index (χ0v) is 15.3. The van der Waals surface area contributed by atoms with E-state index >= 15 is 0 Å². The lowest BCUT2D eigenvalue weighted by atomic mass is 10.1. The van der Waals surface area contributed by atoms with Crippen molar-refractivity contribution in [3.8, 4) is 0 Å². The third-order valence-corrected chi connectivity index (χ3v) is 4.48. The second-order valence-electron chi connectivity index (χ2n) is 5.60. The summed E-state index contributed by atoms with van der Waals surface area (Å²) in [5, 5.41) is 13.4. The molecule has 0 saturated heterocycles. The Morgan fingerprint density at radius 3 is 2.58 bits per heavy atom. The van der Waals surface area contributed by atoms with Crippen molar-refractivity contribution in [1.82, 2.24) is 9.88 Å². The van der Waals surface area contributed by atoms with Crippen LogP contribution in [0.1, 0.15) is 35.8 Å². The number of nitrogens with one attached hydrogen (secondary N) is 1. The minimum Gasteiger partial charge on any atom is -0.481 e. The topological polar surface area (TPSA) is 99.6 Å². The largest absolute Gasteiger partial charge is 0.481 e. The monoisotopic (exact) mass is 375 g/mol. The minimum atomic E-state index is -0.958. The fourth-order valence-electron chi connectivity index (χ4n) is 2.31. The van der Waals surface area contributed by atoms with Gasteiger partial charge in [0.1, 0.15) is 5.69 Å². The van der Waals surface area contributed by atoms with Gasteiger partial charge < -0.3 is 15.3 Å². The summed E-state index contributed by atoms with van der Waals surface area (Å²) in [5.41, 5.74) is 1.29. The first kappa shape index (κ1) is 19.6. The lowest BCUT2D eigenvalue weighted by Gasteiger charge is -2.18. The number of aliphatic carboxylic acids is 1. The highest BCUT2D eigenvalue weighted by atomic mass is 32.1. The molecule has 26 heavy (non-hydrogen) atoms. The first-order valence-corrected chi connectivity index (χ1v) is 9.18. The van der Waals surface area contributed by atoms with E-state index in [-0.39, 0.29) is 30.5 Å². The van der Waals surface area contributed by atoms with Crippen LogP contribution in [-0.4, -0.2) is 45.9 Å². The molecule has 8 heteroatoms. The van der Waals surface area contributed by atoms with Gasteiger partial charge in [-0.25, -0.2) is 4.98 Å². The minimum absolute atomic E-state index is 0.118. The molecule has 0 atom stereocenters. The molecule has 7 nitrogen and oxygen atoms in total. The molecular formula is C18H21N3O4S. The van der Waals surface area contributed by atoms with Crippen LogP contribution in [0, 0.1) is 0 Å². The van der Waals surface area contributed by atoms with Gasteiger partial charge in [0.15, 0.2) is 5.13 Å². The van der Waals surface area contributed by atoms with E-state index in [0.29, 0.717) is 24.5 Å². The fraction of sp³-hybridized carbons (Fsp3) is 0.333. The zero-order valence-electron chi connectivity index (χ0n) is 14.5. The number of carboxylic acids is 1. The summed E-state index contributed by atoms with van der Waals surface area (Å²) in [7, 11) is 0. The highest BCUT2D eigenvalue weighted by Crippen LogP contribution is 2.17. The molecular weight excluding hydrogens is 354 g/mol. The van der Waals surface area contributed by atoms with Gasteiger partial charge in [0.05, 0.1) is 6.42 Å². The Morgan fingerprint density at radius 1 is 1.19 bits per heavy atom. The van der Waals surface area contributed by atoms with Crippen molar-refractivity contribution in [2.75, 3.05) is 18.4 Å². The molecule has 0 aliphatic rings. The maximum absolute atomic E-state index is 12.4. The fourth-order valence-corrected chi connectivity index (χ4v) is 3.01. The summed E-state index contributed by atoms with van der Waals surface area (Å²) in [6.07, 6.45) is 0.835. The molecule has 0 radical (unpaired) electrons. The van der Waals surface area contributed by atoms with Crippen molar-refractivity contribution < 1.29 is 19.5 Å². The van der Waals surface area contributed by atoms with E-state index < -0.39 is 5.97 Å². The molecule has 1 aromatic carbocycles. The van der Waals surface area contributed by atoms with Gasteiger partial charge in [0, 0.05) is 24.9 Å². The van der Waals surface area contributed by atoms with Gasteiger partial charge >= 0.3 is 5.97 Å². The highest BCUT2D eigenvalue weighted by Gasteiger charge is 2.18. The van der Waals surface area contributed by atoms with E-state index in [1.807, 2.05) is 30.3 Å². The predicted octanol–water partition coefficient (Wildman–Crippen LogP) is 2.65. The molecule has 1 aromatic heterocycles. The van der Waals surface area contributed by atoms with Crippen molar-refractivity contribution in [3.63, 3.8) is 0 Å². The van der Waals surface area contributed by atoms with E-state index in [4.69, 9.17) is 5.11 Å². The lowest BCUT2D eigenvalue weighted by molar-refractivity contribution is -0.137. The number of carbonyl (C=O) groups is 3. The molecule has 0 aliphatic carbocycles. The Balaban J connectivity index is 1.88. The number of aryl methyl sites for hydroxylation is 1. The number of amides is 2. The molecule has 2 amide bonds. The third-order valence-electron chi connectivity index (χ3n) is 3.72. The van der Waals surface area contributed by atoms with Gasteiger partial charge in [-0.3, -0.25) is 14.4 Å². The maximum Gasteiger partial charge on any atom is 0.305 e. The standard InChI is InChI=1S/C18H21N3O4S/c1-2-21(11-10-16(23)24)17(25)14-12-26-18(19-14)20-15(22)9-8-13-6-4-3-5-7-13/h3-7,12H,2,8-11H2,1H3,(H,23,24)(H,19,20,22). The van der Waals surface area contributed by atoms with Crippen LogP contribution < -0.4 is 5.32 Å². The first-order chi connectivity index (χ1) is 12.5. The quantitative estimate of drug-likeness (QED) is 0.702. The molecule has 2 rings (SSSR count). The van der Waals surface area contributed by atoms with E-state index in [1.54, 1.807) is 12.3 Å². The Labute approximate surface area is 155 Å². The molecule has 0 fully saturated rings. The normalized spacial score (nSPS) is 10.3. The summed E-state index contributed by atoms with van der Waals surface area (Å²) < 4.78 is 0. The Kier molecular flexibility index (Phi) is 7.28. The molecule has 0 saturated carbocycles. The van der Waals surface area contributed by atoms with Crippen molar-refractivity contribution in [1.29, 1.82) is 0 Å². The smallest absolute Gasteiger partial charge is 0.305 e. The molecule has 0 aliphatic heterocycles. The number of benzene rings is 1. The Bertz CT molecular complexity index is 761. The zero-order chi connectivity index (χ0) is 18.9. The van der Waals surface area contributed by atoms with Crippen LogP contribution in [0.3, 0.4) is 0 Å². The van der Waals surface area contributed by atoms with Crippen LogP contribution in [0.4, 0.5) is 5.13 Å². The lowest BCUT2D eigenvalue weighted by Crippen LogP contribution is -2.33. The van der Waals surface area contributed by atoms with Crippen LogP contribution in [0.2, 0.25) is 0 Å². The van der Waals surface area contributed by atoms with E-state index in [9.17, 15) is 14.4 Å². The van der Waals surface area contributed by atoms with Gasteiger partial charge in [0.2, 0.25) is 5.91 Å². The summed E-state index contributed by atoms with van der Waals surface area (Å²) in [4.78, 5) is 40.6. The van der Waals surface area contributed by atoms with E-state index in [2.05, 4.69) is 10.3 Å². The summed E-state index contributed by atoms with van der Waals surface area (Å²) in [6.45, 7) is 2.29. The van der Waals surface area contributed by atoms with Crippen LogP contribution in [0.5, 0.6) is 0 Å². The van der Waals surface area contributed by atoms with Crippen molar-refractivity contribution in [3.05, 3.63) is 47.0 Å². The SMILES string of the molecule is CCN(CCC(=O)O)C(=O)c1csc(NC(=O)CCc2ccccc2)n1. The van der Waals surface area contributed by atoms with Crippen molar-refractivity contribution >= 4 is 34.3 Å². The first-order valence-electron chi connectivity index (χ1n) is 8.30. The van der Waals surface area contributed by atoms with Crippen LogP contribution >= 0.6 is 11.3 Å². The number of carboxylic acid groups (broad SMARTS) is 1. The van der Waals surface area contributed by atoms with Crippen molar-refractivity contribution in [2.24, 2.45) is 0 Å². The molecule has 2 N–H and O–H groups in total. The molecule has 138 valence electrons. The van der Waals surface area contributed by atoms with Crippen LogP contribution in [-0.2, 0) is 16.0 Å². The molecule has 0 unspecified atom stereocenters. The molecule has 1 heterocycles. The van der Waals surface area contributed by atoms with Crippen LogP contribution in [0.25, 0.3) is 0 Å². The predicted molar refractivity (Wildman–Crippen MR) is 99.3 cm³/mol.